The predicted octanol–water partition coefficient (Wildman–Crippen LogP) is -1.16. The summed E-state index contributed by atoms with van der Waals surface area (Å²) in [4.78, 5) is 59.8. The van der Waals surface area contributed by atoms with Crippen molar-refractivity contribution >= 4 is 29.6 Å². The van der Waals surface area contributed by atoms with Crippen molar-refractivity contribution in [1.29, 1.82) is 0 Å². The molecule has 4 amide bonds. The lowest BCUT2D eigenvalue weighted by atomic mass is 9.95. The number of carbonyl (C=O) groups excluding carboxylic acids is 4. The summed E-state index contributed by atoms with van der Waals surface area (Å²) in [6.07, 6.45) is 0.850. The number of rotatable bonds is 14. The van der Waals surface area contributed by atoms with E-state index in [0.717, 1.165) is 0 Å². The van der Waals surface area contributed by atoms with Gasteiger partial charge in [-0.05, 0) is 18.3 Å². The van der Waals surface area contributed by atoms with Crippen LogP contribution in [0.1, 0.15) is 53.4 Å². The summed E-state index contributed by atoms with van der Waals surface area (Å²) in [6, 6.07) is -3.24. The van der Waals surface area contributed by atoms with Crippen LogP contribution in [0.2, 0.25) is 0 Å². The molecule has 0 radical (unpaired) electrons. The number of nitrogens with one attached hydrogen (secondary N) is 3. The van der Waals surface area contributed by atoms with E-state index >= 15 is 0 Å². The number of primary amides is 1. The van der Waals surface area contributed by atoms with Crippen LogP contribution in [0.4, 0.5) is 0 Å². The van der Waals surface area contributed by atoms with E-state index in [9.17, 15) is 29.1 Å². The van der Waals surface area contributed by atoms with Gasteiger partial charge in [0.15, 0.2) is 0 Å². The SMILES string of the molecule is CCC(C)C(NC(=O)C(NC(=O)C(CCC(N)=O)NC(=O)CN)C(C)CC)C(=O)O. The van der Waals surface area contributed by atoms with Crippen molar-refractivity contribution in [3.8, 4) is 0 Å². The van der Waals surface area contributed by atoms with Gasteiger partial charge in [-0.1, -0.05) is 40.5 Å². The molecule has 5 unspecified atom stereocenters. The van der Waals surface area contributed by atoms with Gasteiger partial charge >= 0.3 is 5.97 Å². The van der Waals surface area contributed by atoms with Crippen LogP contribution >= 0.6 is 0 Å². The lowest BCUT2D eigenvalue weighted by Crippen LogP contribution is -2.58. The van der Waals surface area contributed by atoms with Gasteiger partial charge in [-0.15, -0.1) is 0 Å². The Morgan fingerprint density at radius 2 is 1.37 bits per heavy atom. The number of carbonyl (C=O) groups is 5. The molecule has 0 spiro atoms. The molecule has 0 aliphatic rings. The van der Waals surface area contributed by atoms with Crippen LogP contribution in [0.5, 0.6) is 0 Å². The summed E-state index contributed by atoms with van der Waals surface area (Å²) < 4.78 is 0. The Hall–Kier alpha value is -2.69. The molecule has 0 aromatic heterocycles. The second-order valence-corrected chi connectivity index (χ2v) is 7.41. The van der Waals surface area contributed by atoms with E-state index < -0.39 is 47.7 Å². The molecule has 0 rings (SSSR count). The first-order valence-electron chi connectivity index (χ1n) is 10.1. The molecule has 0 bridgehead atoms. The lowest BCUT2D eigenvalue weighted by Gasteiger charge is -2.29. The van der Waals surface area contributed by atoms with E-state index in [1.165, 1.54) is 0 Å². The molecule has 0 saturated carbocycles. The highest BCUT2D eigenvalue weighted by Gasteiger charge is 2.33. The molecule has 0 aliphatic carbocycles. The van der Waals surface area contributed by atoms with Crippen molar-refractivity contribution in [3.63, 3.8) is 0 Å². The van der Waals surface area contributed by atoms with Crippen LogP contribution < -0.4 is 27.4 Å². The van der Waals surface area contributed by atoms with E-state index in [2.05, 4.69) is 16.0 Å². The van der Waals surface area contributed by atoms with Crippen molar-refractivity contribution in [1.82, 2.24) is 16.0 Å². The third-order valence-corrected chi connectivity index (χ3v) is 5.09. The highest BCUT2D eigenvalue weighted by atomic mass is 16.4. The van der Waals surface area contributed by atoms with Gasteiger partial charge in [-0.2, -0.15) is 0 Å². The van der Waals surface area contributed by atoms with Crippen molar-refractivity contribution < 1.29 is 29.1 Å². The first kappa shape index (κ1) is 27.3. The van der Waals surface area contributed by atoms with E-state index in [-0.39, 0.29) is 31.2 Å². The Morgan fingerprint density at radius 1 is 0.867 bits per heavy atom. The molecule has 0 aromatic carbocycles. The van der Waals surface area contributed by atoms with Crippen molar-refractivity contribution in [3.05, 3.63) is 0 Å². The quantitative estimate of drug-likeness (QED) is 0.200. The maximum atomic E-state index is 12.8. The molecular formula is C19H35N5O6. The molecule has 172 valence electrons. The molecule has 8 N–H and O–H groups in total. The van der Waals surface area contributed by atoms with Gasteiger partial charge in [-0.25, -0.2) is 4.79 Å². The summed E-state index contributed by atoms with van der Waals surface area (Å²) in [5.74, 6) is -4.37. The average Bonchev–Trinajstić information content (AvgIpc) is 2.70. The number of carboxylic acids is 1. The molecule has 0 aromatic rings. The van der Waals surface area contributed by atoms with Gasteiger partial charge in [0.1, 0.15) is 18.1 Å². The van der Waals surface area contributed by atoms with Crippen LogP contribution in [0, 0.1) is 11.8 Å². The summed E-state index contributed by atoms with van der Waals surface area (Å²) in [5, 5.41) is 16.9. The second kappa shape index (κ2) is 13.5. The van der Waals surface area contributed by atoms with E-state index in [4.69, 9.17) is 11.5 Å². The molecule has 11 nitrogen and oxygen atoms in total. The zero-order valence-electron chi connectivity index (χ0n) is 18.1. The molecule has 30 heavy (non-hydrogen) atoms. The average molecular weight is 430 g/mol. The Balaban J connectivity index is 5.50. The Bertz CT molecular complexity index is 627. The van der Waals surface area contributed by atoms with Crippen molar-refractivity contribution in [2.45, 2.75) is 71.5 Å². The normalized spacial score (nSPS) is 15.8. The molecule has 0 aliphatic heterocycles. The van der Waals surface area contributed by atoms with E-state index in [1.54, 1.807) is 13.8 Å². The fourth-order valence-corrected chi connectivity index (χ4v) is 2.69. The minimum atomic E-state index is -1.17. The minimum absolute atomic E-state index is 0.0631. The molecule has 5 atom stereocenters. The van der Waals surface area contributed by atoms with Gasteiger partial charge in [0.05, 0.1) is 6.54 Å². The predicted molar refractivity (Wildman–Crippen MR) is 110 cm³/mol. The maximum Gasteiger partial charge on any atom is 0.326 e. The molecule has 0 fully saturated rings. The van der Waals surface area contributed by atoms with Crippen LogP contribution in [0.3, 0.4) is 0 Å². The van der Waals surface area contributed by atoms with Gasteiger partial charge in [-0.3, -0.25) is 19.2 Å². The molecule has 0 heterocycles. The summed E-state index contributed by atoms with van der Waals surface area (Å²) in [5.41, 5.74) is 10.4. The third kappa shape index (κ3) is 9.21. The van der Waals surface area contributed by atoms with Crippen LogP contribution in [-0.4, -0.2) is 59.4 Å². The number of amides is 4. The third-order valence-electron chi connectivity index (χ3n) is 5.09. The van der Waals surface area contributed by atoms with Gasteiger partial charge in [0.25, 0.3) is 0 Å². The van der Waals surface area contributed by atoms with Gasteiger partial charge in [0, 0.05) is 6.42 Å². The smallest absolute Gasteiger partial charge is 0.326 e. The fraction of sp³-hybridized carbons (Fsp3) is 0.737. The Morgan fingerprint density at radius 3 is 1.80 bits per heavy atom. The van der Waals surface area contributed by atoms with Crippen LogP contribution in [0.25, 0.3) is 0 Å². The van der Waals surface area contributed by atoms with Gasteiger partial charge < -0.3 is 32.5 Å². The van der Waals surface area contributed by atoms with Crippen LogP contribution in [-0.2, 0) is 24.0 Å². The topological polar surface area (TPSA) is 194 Å². The molecule has 0 saturated heterocycles. The largest absolute Gasteiger partial charge is 0.480 e. The Labute approximate surface area is 176 Å². The highest BCUT2D eigenvalue weighted by molar-refractivity contribution is 5.94. The number of aliphatic carboxylic acids is 1. The summed E-state index contributed by atoms with van der Waals surface area (Å²) in [7, 11) is 0. The number of carboxylic acid groups (broad SMARTS) is 1. The minimum Gasteiger partial charge on any atom is -0.480 e. The standard InChI is InChI=1S/C19H35N5O6/c1-5-10(3)15(18(28)24-16(19(29)30)11(4)6-2)23-17(27)12(7-8-13(21)25)22-14(26)9-20/h10-12,15-16H,5-9,20H2,1-4H3,(H2,21,25)(H,22,26)(H,23,27)(H,24,28)(H,29,30). The van der Waals surface area contributed by atoms with E-state index in [1.807, 2.05) is 13.8 Å². The van der Waals surface area contributed by atoms with Gasteiger partial charge in [0.2, 0.25) is 23.6 Å². The fourth-order valence-electron chi connectivity index (χ4n) is 2.69. The summed E-state index contributed by atoms with van der Waals surface area (Å²) >= 11 is 0. The van der Waals surface area contributed by atoms with Crippen molar-refractivity contribution in [2.24, 2.45) is 23.3 Å². The second-order valence-electron chi connectivity index (χ2n) is 7.41. The first-order valence-corrected chi connectivity index (χ1v) is 10.1. The maximum absolute atomic E-state index is 12.8. The lowest BCUT2D eigenvalue weighted by molar-refractivity contribution is -0.144. The van der Waals surface area contributed by atoms with Crippen molar-refractivity contribution in [2.75, 3.05) is 6.54 Å². The first-order chi connectivity index (χ1) is 14.0. The number of hydrogen-bond acceptors (Lipinski definition) is 6. The molecule has 11 heteroatoms. The summed E-state index contributed by atoms with van der Waals surface area (Å²) in [6.45, 7) is 6.72. The number of hydrogen-bond donors (Lipinski definition) is 6. The molecular weight excluding hydrogens is 394 g/mol. The van der Waals surface area contributed by atoms with E-state index in [0.29, 0.717) is 12.8 Å². The highest BCUT2D eigenvalue weighted by Crippen LogP contribution is 2.13. The zero-order valence-corrected chi connectivity index (χ0v) is 18.1. The van der Waals surface area contributed by atoms with Crippen LogP contribution in [0.15, 0.2) is 0 Å². The monoisotopic (exact) mass is 429 g/mol. The zero-order chi connectivity index (χ0) is 23.4. The number of nitrogens with two attached hydrogens (primary N) is 2. The Kier molecular flexibility index (Phi) is 12.3.